The molecule has 114 valence electrons. The van der Waals surface area contributed by atoms with Gasteiger partial charge >= 0.3 is 0 Å². The predicted octanol–water partition coefficient (Wildman–Crippen LogP) is 2.65. The molecule has 1 aromatic heterocycles. The molecule has 3 fully saturated rings. The first kappa shape index (κ1) is 13.5. The van der Waals surface area contributed by atoms with E-state index in [1.165, 1.54) is 37.8 Å². The monoisotopic (exact) mass is 287 g/mol. The van der Waals surface area contributed by atoms with Crippen molar-refractivity contribution in [2.75, 3.05) is 24.6 Å². The zero-order chi connectivity index (χ0) is 14.4. The molecule has 2 atom stereocenters. The molecule has 0 unspecified atom stereocenters. The van der Waals surface area contributed by atoms with Gasteiger partial charge in [0.2, 0.25) is 5.95 Å². The summed E-state index contributed by atoms with van der Waals surface area (Å²) >= 11 is 0. The number of fused-ring (bicyclic) bond motifs is 1. The Bertz CT molecular complexity index is 543. The number of nitrogens with zero attached hydrogens (tertiary/aromatic N) is 3. The minimum atomic E-state index is 0.115. The summed E-state index contributed by atoms with van der Waals surface area (Å²) in [6, 6.07) is 2.16. The van der Waals surface area contributed by atoms with Gasteiger partial charge < -0.3 is 10.0 Å². The fraction of sp³-hybridized carbons (Fsp3) is 0.765. The molecular weight excluding hydrogens is 262 g/mol. The van der Waals surface area contributed by atoms with E-state index in [0.717, 1.165) is 31.2 Å². The van der Waals surface area contributed by atoms with E-state index < -0.39 is 0 Å². The number of hydrogen-bond acceptors (Lipinski definition) is 4. The summed E-state index contributed by atoms with van der Waals surface area (Å²) < 4.78 is 0. The third-order valence-electron chi connectivity index (χ3n) is 6.02. The molecule has 0 aromatic carbocycles. The molecular formula is C17H25N3O. The van der Waals surface area contributed by atoms with Crippen molar-refractivity contribution >= 4 is 5.95 Å². The maximum atomic E-state index is 9.87. The van der Waals surface area contributed by atoms with Gasteiger partial charge in [0.05, 0.1) is 6.61 Å². The molecule has 2 saturated carbocycles. The van der Waals surface area contributed by atoms with E-state index in [0.29, 0.717) is 18.4 Å². The van der Waals surface area contributed by atoms with Crippen LogP contribution in [-0.4, -0.2) is 34.8 Å². The van der Waals surface area contributed by atoms with Crippen LogP contribution in [0.4, 0.5) is 5.95 Å². The van der Waals surface area contributed by atoms with Crippen LogP contribution >= 0.6 is 0 Å². The van der Waals surface area contributed by atoms with Crippen molar-refractivity contribution in [3.63, 3.8) is 0 Å². The van der Waals surface area contributed by atoms with Crippen LogP contribution in [0.5, 0.6) is 0 Å². The number of rotatable bonds is 3. The fourth-order valence-corrected chi connectivity index (χ4v) is 4.46. The van der Waals surface area contributed by atoms with Gasteiger partial charge in [-0.15, -0.1) is 0 Å². The molecule has 1 saturated heterocycles. The minimum Gasteiger partial charge on any atom is -0.396 e. The largest absolute Gasteiger partial charge is 0.396 e. The maximum absolute atomic E-state index is 9.87. The maximum Gasteiger partial charge on any atom is 0.225 e. The Kier molecular flexibility index (Phi) is 3.18. The second-order valence-electron chi connectivity index (χ2n) is 7.35. The van der Waals surface area contributed by atoms with Crippen molar-refractivity contribution in [2.45, 2.75) is 51.4 Å². The molecule has 1 aromatic rings. The molecule has 2 heterocycles. The lowest BCUT2D eigenvalue weighted by Crippen LogP contribution is -2.31. The van der Waals surface area contributed by atoms with E-state index in [1.807, 2.05) is 0 Å². The Labute approximate surface area is 126 Å². The van der Waals surface area contributed by atoms with Crippen LogP contribution in [0.25, 0.3) is 0 Å². The molecule has 3 aliphatic rings. The standard InChI is InChI=1S/C17H25N3O/c1-12-8-15(13-4-2-5-13)19-16(18-12)20-9-14-6-3-7-17(14,10-20)11-21/h8,13-14,21H,2-7,9-11H2,1H3/t14-,17+/m1/s1. The van der Waals surface area contributed by atoms with Crippen LogP contribution < -0.4 is 4.90 Å². The van der Waals surface area contributed by atoms with Gasteiger partial charge in [-0.1, -0.05) is 12.8 Å². The Hall–Kier alpha value is -1.16. The molecule has 4 rings (SSSR count). The molecule has 2 aliphatic carbocycles. The number of aromatic nitrogens is 2. The first-order chi connectivity index (χ1) is 10.2. The van der Waals surface area contributed by atoms with Crippen molar-refractivity contribution in [3.05, 3.63) is 17.5 Å². The quantitative estimate of drug-likeness (QED) is 0.928. The first-order valence-electron chi connectivity index (χ1n) is 8.42. The normalized spacial score (nSPS) is 32.3. The van der Waals surface area contributed by atoms with E-state index in [1.54, 1.807) is 0 Å². The average molecular weight is 287 g/mol. The SMILES string of the molecule is Cc1cc(C2CCC2)nc(N2C[C@H]3CCC[C@@]3(CO)C2)n1. The van der Waals surface area contributed by atoms with Crippen molar-refractivity contribution in [3.8, 4) is 0 Å². The van der Waals surface area contributed by atoms with Gasteiger partial charge in [-0.25, -0.2) is 9.97 Å². The molecule has 0 radical (unpaired) electrons. The topological polar surface area (TPSA) is 49.2 Å². The van der Waals surface area contributed by atoms with Gasteiger partial charge in [0.1, 0.15) is 0 Å². The summed E-state index contributed by atoms with van der Waals surface area (Å²) in [5.74, 6) is 2.18. The lowest BCUT2D eigenvalue weighted by atomic mass is 9.82. The molecule has 21 heavy (non-hydrogen) atoms. The van der Waals surface area contributed by atoms with Crippen LogP contribution in [0.1, 0.15) is 55.8 Å². The van der Waals surface area contributed by atoms with Gasteiger partial charge in [0.15, 0.2) is 0 Å². The van der Waals surface area contributed by atoms with Gasteiger partial charge in [0, 0.05) is 35.8 Å². The van der Waals surface area contributed by atoms with Gasteiger partial charge in [-0.3, -0.25) is 0 Å². The molecule has 4 heteroatoms. The Morgan fingerprint density at radius 1 is 1.29 bits per heavy atom. The molecule has 0 bridgehead atoms. The van der Waals surface area contributed by atoms with Crippen molar-refractivity contribution in [2.24, 2.45) is 11.3 Å². The summed E-state index contributed by atoms with van der Waals surface area (Å²) in [5, 5.41) is 9.87. The Balaban J connectivity index is 1.61. The van der Waals surface area contributed by atoms with Gasteiger partial charge in [-0.2, -0.15) is 0 Å². The lowest BCUT2D eigenvalue weighted by molar-refractivity contribution is 0.121. The second-order valence-corrected chi connectivity index (χ2v) is 7.35. The van der Waals surface area contributed by atoms with Crippen molar-refractivity contribution in [1.82, 2.24) is 9.97 Å². The highest BCUT2D eigenvalue weighted by molar-refractivity contribution is 5.37. The Morgan fingerprint density at radius 3 is 2.81 bits per heavy atom. The van der Waals surface area contributed by atoms with E-state index >= 15 is 0 Å². The summed E-state index contributed by atoms with van der Waals surface area (Å²) in [4.78, 5) is 11.9. The molecule has 1 N–H and O–H groups in total. The average Bonchev–Trinajstić information content (AvgIpc) is 2.92. The predicted molar refractivity (Wildman–Crippen MR) is 82.4 cm³/mol. The lowest BCUT2D eigenvalue weighted by Gasteiger charge is -2.28. The van der Waals surface area contributed by atoms with Crippen molar-refractivity contribution in [1.29, 1.82) is 0 Å². The minimum absolute atomic E-state index is 0.115. The molecule has 1 aliphatic heterocycles. The van der Waals surface area contributed by atoms with Crippen LogP contribution in [0.15, 0.2) is 6.07 Å². The zero-order valence-corrected chi connectivity index (χ0v) is 12.9. The van der Waals surface area contributed by atoms with E-state index in [9.17, 15) is 5.11 Å². The number of aryl methyl sites for hydroxylation is 1. The highest BCUT2D eigenvalue weighted by atomic mass is 16.3. The van der Waals surface area contributed by atoms with Gasteiger partial charge in [0.25, 0.3) is 0 Å². The van der Waals surface area contributed by atoms with Crippen LogP contribution in [-0.2, 0) is 0 Å². The Morgan fingerprint density at radius 2 is 2.14 bits per heavy atom. The van der Waals surface area contributed by atoms with E-state index in [4.69, 9.17) is 4.98 Å². The van der Waals surface area contributed by atoms with E-state index in [2.05, 4.69) is 22.9 Å². The number of hydrogen-bond donors (Lipinski definition) is 1. The summed E-state index contributed by atoms with van der Waals surface area (Å²) in [5.41, 5.74) is 2.43. The van der Waals surface area contributed by atoms with Crippen LogP contribution in [0.3, 0.4) is 0 Å². The number of anilines is 1. The summed E-state index contributed by atoms with van der Waals surface area (Å²) in [6.07, 6.45) is 7.56. The third-order valence-corrected chi connectivity index (χ3v) is 6.02. The second kappa shape index (κ2) is 4.94. The van der Waals surface area contributed by atoms with Crippen molar-refractivity contribution < 1.29 is 5.11 Å². The van der Waals surface area contributed by atoms with Gasteiger partial charge in [-0.05, 0) is 44.6 Å². The summed E-state index contributed by atoms with van der Waals surface area (Å²) in [7, 11) is 0. The highest BCUT2D eigenvalue weighted by Gasteiger charge is 2.49. The van der Waals surface area contributed by atoms with Crippen LogP contribution in [0, 0.1) is 18.3 Å². The summed E-state index contributed by atoms with van der Waals surface area (Å²) in [6.45, 7) is 4.34. The molecule has 0 amide bonds. The first-order valence-corrected chi connectivity index (χ1v) is 8.42. The smallest absolute Gasteiger partial charge is 0.225 e. The van der Waals surface area contributed by atoms with Crippen LogP contribution in [0.2, 0.25) is 0 Å². The number of aliphatic hydroxyl groups is 1. The zero-order valence-electron chi connectivity index (χ0n) is 12.9. The number of aliphatic hydroxyl groups excluding tert-OH is 1. The molecule has 4 nitrogen and oxygen atoms in total. The molecule has 0 spiro atoms. The fourth-order valence-electron chi connectivity index (χ4n) is 4.46. The van der Waals surface area contributed by atoms with E-state index in [-0.39, 0.29) is 5.41 Å². The highest BCUT2D eigenvalue weighted by Crippen LogP contribution is 2.49. The third kappa shape index (κ3) is 2.15.